The van der Waals surface area contributed by atoms with Crippen LogP contribution in [0.2, 0.25) is 0 Å². The van der Waals surface area contributed by atoms with E-state index in [2.05, 4.69) is 15.5 Å². The molecule has 3 aromatic rings. The van der Waals surface area contributed by atoms with Crippen LogP contribution in [0.3, 0.4) is 0 Å². The van der Waals surface area contributed by atoms with Gasteiger partial charge in [-0.25, -0.2) is 17.2 Å². The van der Waals surface area contributed by atoms with Crippen LogP contribution in [0.4, 0.5) is 13.9 Å². The standard InChI is InChI=1S/C21H20F2N4O3S2/c22-17-7-6-16(13-18(17)23)32(29,30)27-10-8-15(9-11-27)20(28)24-21-26-25-19(31-21)12-14-4-2-1-3-5-14/h1-7,13,15H,8-12H2,(H,24,26,28). The minimum atomic E-state index is -3.96. The van der Waals surface area contributed by atoms with E-state index >= 15 is 0 Å². The van der Waals surface area contributed by atoms with Crippen LogP contribution in [0.5, 0.6) is 0 Å². The average molecular weight is 479 g/mol. The third-order valence-electron chi connectivity index (χ3n) is 5.25. The van der Waals surface area contributed by atoms with Gasteiger partial charge in [-0.05, 0) is 36.6 Å². The maximum absolute atomic E-state index is 13.5. The van der Waals surface area contributed by atoms with Crippen molar-refractivity contribution in [3.63, 3.8) is 0 Å². The van der Waals surface area contributed by atoms with Gasteiger partial charge < -0.3 is 5.32 Å². The minimum absolute atomic E-state index is 0.106. The third kappa shape index (κ3) is 5.00. The van der Waals surface area contributed by atoms with Crippen LogP contribution in [0.1, 0.15) is 23.4 Å². The summed E-state index contributed by atoms with van der Waals surface area (Å²) in [6.45, 7) is 0.212. The maximum Gasteiger partial charge on any atom is 0.243 e. The Kier molecular flexibility index (Phi) is 6.58. The van der Waals surface area contributed by atoms with Gasteiger partial charge in [0.15, 0.2) is 11.6 Å². The van der Waals surface area contributed by atoms with E-state index in [1.807, 2.05) is 30.3 Å². The highest BCUT2D eigenvalue weighted by atomic mass is 32.2. The molecule has 0 aliphatic carbocycles. The van der Waals surface area contributed by atoms with E-state index in [0.29, 0.717) is 30.5 Å². The summed E-state index contributed by atoms with van der Waals surface area (Å²) in [5, 5.41) is 12.1. The van der Waals surface area contributed by atoms with Gasteiger partial charge in [0.05, 0.1) is 4.90 Å². The molecule has 168 valence electrons. The number of piperidine rings is 1. The summed E-state index contributed by atoms with van der Waals surface area (Å²) in [6, 6.07) is 12.3. The van der Waals surface area contributed by atoms with Gasteiger partial charge in [-0.15, -0.1) is 10.2 Å². The number of anilines is 1. The second-order valence-corrected chi connectivity index (χ2v) is 10.4. The van der Waals surface area contributed by atoms with Gasteiger partial charge in [0.2, 0.25) is 21.1 Å². The van der Waals surface area contributed by atoms with Gasteiger partial charge in [0.25, 0.3) is 0 Å². The number of sulfonamides is 1. The second-order valence-electron chi connectivity index (χ2n) is 7.41. The number of nitrogens with one attached hydrogen (secondary N) is 1. The summed E-state index contributed by atoms with van der Waals surface area (Å²) in [5.74, 6) is -2.95. The molecule has 0 bridgehead atoms. The Balaban J connectivity index is 1.33. The molecule has 0 saturated carbocycles. The minimum Gasteiger partial charge on any atom is -0.300 e. The summed E-state index contributed by atoms with van der Waals surface area (Å²) in [7, 11) is -3.96. The van der Waals surface area contributed by atoms with E-state index in [4.69, 9.17) is 0 Å². The van der Waals surface area contributed by atoms with Crippen molar-refractivity contribution in [2.45, 2.75) is 24.2 Å². The first-order valence-corrected chi connectivity index (χ1v) is 12.2. The first-order chi connectivity index (χ1) is 15.3. The zero-order chi connectivity index (χ0) is 22.7. The van der Waals surface area contributed by atoms with E-state index in [-0.39, 0.29) is 29.8 Å². The lowest BCUT2D eigenvalue weighted by atomic mass is 9.97. The predicted octanol–water partition coefficient (Wildman–Crippen LogP) is 3.45. The number of benzene rings is 2. The Labute approximate surface area is 188 Å². The molecule has 1 saturated heterocycles. The largest absolute Gasteiger partial charge is 0.300 e. The Morgan fingerprint density at radius 1 is 1.06 bits per heavy atom. The van der Waals surface area contributed by atoms with Crippen LogP contribution in [-0.2, 0) is 21.2 Å². The molecule has 2 aromatic carbocycles. The quantitative estimate of drug-likeness (QED) is 0.586. The molecule has 0 atom stereocenters. The van der Waals surface area contributed by atoms with Crippen molar-refractivity contribution in [1.82, 2.24) is 14.5 Å². The van der Waals surface area contributed by atoms with Crippen molar-refractivity contribution in [3.8, 4) is 0 Å². The fourth-order valence-electron chi connectivity index (χ4n) is 3.50. The molecule has 1 fully saturated rings. The molecule has 1 aromatic heterocycles. The number of halogens is 2. The van der Waals surface area contributed by atoms with Crippen molar-refractivity contribution < 1.29 is 22.0 Å². The summed E-state index contributed by atoms with van der Waals surface area (Å²) < 4.78 is 53.1. The molecule has 0 unspecified atom stereocenters. The Hall–Kier alpha value is -2.76. The van der Waals surface area contributed by atoms with Gasteiger partial charge in [-0.3, -0.25) is 4.79 Å². The summed E-state index contributed by atoms with van der Waals surface area (Å²) in [4.78, 5) is 12.3. The van der Waals surface area contributed by atoms with Crippen LogP contribution in [-0.4, -0.2) is 41.9 Å². The monoisotopic (exact) mass is 478 g/mol. The summed E-state index contributed by atoms with van der Waals surface area (Å²) in [5.41, 5.74) is 1.09. The zero-order valence-corrected chi connectivity index (χ0v) is 18.5. The van der Waals surface area contributed by atoms with Crippen molar-refractivity contribution >= 4 is 32.4 Å². The van der Waals surface area contributed by atoms with Gasteiger partial charge in [0.1, 0.15) is 5.01 Å². The third-order valence-corrected chi connectivity index (χ3v) is 7.98. The average Bonchev–Trinajstić information content (AvgIpc) is 3.23. The van der Waals surface area contributed by atoms with Crippen molar-refractivity contribution in [2.24, 2.45) is 5.92 Å². The summed E-state index contributed by atoms with van der Waals surface area (Å²) in [6.07, 6.45) is 1.24. The molecule has 1 aliphatic rings. The molecular weight excluding hydrogens is 458 g/mol. The number of rotatable bonds is 6. The van der Waals surface area contributed by atoms with Crippen LogP contribution in [0.15, 0.2) is 53.4 Å². The highest BCUT2D eigenvalue weighted by Gasteiger charge is 2.32. The molecule has 1 N–H and O–H groups in total. The van der Waals surface area contributed by atoms with E-state index in [1.54, 1.807) is 0 Å². The molecule has 0 radical (unpaired) electrons. The number of aromatic nitrogens is 2. The fraction of sp³-hybridized carbons (Fsp3) is 0.286. The smallest absolute Gasteiger partial charge is 0.243 e. The molecule has 7 nitrogen and oxygen atoms in total. The molecule has 32 heavy (non-hydrogen) atoms. The van der Waals surface area contributed by atoms with E-state index in [9.17, 15) is 22.0 Å². The lowest BCUT2D eigenvalue weighted by Gasteiger charge is -2.30. The van der Waals surface area contributed by atoms with Crippen LogP contribution in [0, 0.1) is 17.6 Å². The fourth-order valence-corrected chi connectivity index (χ4v) is 5.76. The topological polar surface area (TPSA) is 92.3 Å². The lowest BCUT2D eigenvalue weighted by molar-refractivity contribution is -0.120. The number of nitrogens with zero attached hydrogens (tertiary/aromatic N) is 3. The van der Waals surface area contributed by atoms with Gasteiger partial charge >= 0.3 is 0 Å². The lowest BCUT2D eigenvalue weighted by Crippen LogP contribution is -2.41. The number of hydrogen-bond acceptors (Lipinski definition) is 6. The van der Waals surface area contributed by atoms with E-state index in [1.165, 1.54) is 15.6 Å². The Morgan fingerprint density at radius 3 is 2.47 bits per heavy atom. The van der Waals surface area contributed by atoms with Crippen LogP contribution >= 0.6 is 11.3 Å². The van der Waals surface area contributed by atoms with Gasteiger partial charge in [-0.2, -0.15) is 4.31 Å². The SMILES string of the molecule is O=C(Nc1nnc(Cc2ccccc2)s1)C1CCN(S(=O)(=O)c2ccc(F)c(F)c2)CC1. The normalized spacial score (nSPS) is 15.6. The van der Waals surface area contributed by atoms with Crippen LogP contribution < -0.4 is 5.32 Å². The zero-order valence-electron chi connectivity index (χ0n) is 16.9. The molecule has 0 spiro atoms. The highest BCUT2D eigenvalue weighted by Crippen LogP contribution is 2.26. The molecular formula is C21H20F2N4O3S2. The molecule has 1 aliphatic heterocycles. The van der Waals surface area contributed by atoms with Gasteiger partial charge in [0, 0.05) is 25.4 Å². The number of amides is 1. The van der Waals surface area contributed by atoms with E-state index in [0.717, 1.165) is 22.7 Å². The molecule has 1 amide bonds. The number of carbonyl (C=O) groups is 1. The molecule has 4 rings (SSSR count). The predicted molar refractivity (Wildman–Crippen MR) is 116 cm³/mol. The first-order valence-electron chi connectivity index (χ1n) is 9.95. The Morgan fingerprint density at radius 2 is 1.78 bits per heavy atom. The molecule has 11 heteroatoms. The number of carbonyl (C=O) groups excluding carboxylic acids is 1. The second kappa shape index (κ2) is 9.39. The number of hydrogen-bond donors (Lipinski definition) is 1. The Bertz CT molecular complexity index is 1210. The van der Waals surface area contributed by atoms with E-state index < -0.39 is 21.7 Å². The highest BCUT2D eigenvalue weighted by molar-refractivity contribution is 7.89. The van der Waals surface area contributed by atoms with Crippen molar-refractivity contribution in [3.05, 3.63) is 70.7 Å². The molecule has 2 heterocycles. The first kappa shape index (κ1) is 22.4. The van der Waals surface area contributed by atoms with Crippen molar-refractivity contribution in [1.29, 1.82) is 0 Å². The van der Waals surface area contributed by atoms with Crippen LogP contribution in [0.25, 0.3) is 0 Å². The summed E-state index contributed by atoms with van der Waals surface area (Å²) >= 11 is 1.30. The van der Waals surface area contributed by atoms with Crippen molar-refractivity contribution in [2.75, 3.05) is 18.4 Å². The van der Waals surface area contributed by atoms with Gasteiger partial charge in [-0.1, -0.05) is 41.7 Å². The maximum atomic E-state index is 13.5.